The van der Waals surface area contributed by atoms with Crippen LogP contribution in [0.3, 0.4) is 0 Å². The molecule has 0 bridgehead atoms. The molecular weight excluding hydrogens is 292 g/mol. The molecule has 1 rings (SSSR count). The van der Waals surface area contributed by atoms with E-state index in [0.717, 1.165) is 15.7 Å². The van der Waals surface area contributed by atoms with Gasteiger partial charge in [0.05, 0.1) is 5.02 Å². The second-order valence-electron chi connectivity index (χ2n) is 5.65. The Labute approximate surface area is 130 Å². The normalized spacial score (nSPS) is 11.4. The molecule has 0 atom stereocenters. The third-order valence-electron chi connectivity index (χ3n) is 3.05. The van der Waals surface area contributed by atoms with Crippen LogP contribution >= 0.6 is 23.4 Å². The summed E-state index contributed by atoms with van der Waals surface area (Å²) in [7, 11) is 1.83. The number of thioether (sulfide) groups is 1. The van der Waals surface area contributed by atoms with Gasteiger partial charge >= 0.3 is 0 Å². The van der Waals surface area contributed by atoms with Gasteiger partial charge in [0, 0.05) is 30.7 Å². The maximum atomic E-state index is 12.1. The number of nitrogens with zero attached hydrogens (tertiary/aromatic N) is 1. The molecule has 0 fully saturated rings. The Morgan fingerprint density at radius 1 is 1.40 bits per heavy atom. The van der Waals surface area contributed by atoms with E-state index in [1.165, 1.54) is 0 Å². The molecular formula is C15H23ClN2OS. The van der Waals surface area contributed by atoms with Crippen molar-refractivity contribution in [1.29, 1.82) is 0 Å². The van der Waals surface area contributed by atoms with Crippen LogP contribution < -0.4 is 5.73 Å². The molecule has 0 saturated heterocycles. The van der Waals surface area contributed by atoms with Gasteiger partial charge in [-0.1, -0.05) is 37.6 Å². The lowest BCUT2D eigenvalue weighted by molar-refractivity contribution is -0.130. The number of carbonyl (C=O) groups excluding carboxylic acids is 1. The number of benzene rings is 1. The Bertz CT molecular complexity index is 451. The molecule has 112 valence electrons. The smallest absolute Gasteiger partial charge is 0.223 e. The number of halogens is 1. The molecule has 2 N–H and O–H groups in total. The van der Waals surface area contributed by atoms with Crippen molar-refractivity contribution in [3.63, 3.8) is 0 Å². The van der Waals surface area contributed by atoms with Crippen molar-refractivity contribution in [3.8, 4) is 0 Å². The second-order valence-corrected chi connectivity index (χ2v) is 7.19. The summed E-state index contributed by atoms with van der Waals surface area (Å²) in [5, 5.41) is 0.738. The monoisotopic (exact) mass is 314 g/mol. The molecule has 1 aromatic rings. The van der Waals surface area contributed by atoms with Crippen molar-refractivity contribution in [1.82, 2.24) is 4.90 Å². The lowest BCUT2D eigenvalue weighted by Crippen LogP contribution is -2.39. The lowest BCUT2D eigenvalue weighted by atomic mass is 9.93. The van der Waals surface area contributed by atoms with Gasteiger partial charge in [-0.15, -0.1) is 11.8 Å². The largest absolute Gasteiger partial charge is 0.345 e. The summed E-state index contributed by atoms with van der Waals surface area (Å²) in [5.74, 6) is 0.877. The van der Waals surface area contributed by atoms with Crippen LogP contribution in [0.4, 0.5) is 0 Å². The van der Waals surface area contributed by atoms with Gasteiger partial charge < -0.3 is 10.6 Å². The predicted molar refractivity (Wildman–Crippen MR) is 87.3 cm³/mol. The number of rotatable bonds is 7. The summed E-state index contributed by atoms with van der Waals surface area (Å²) >= 11 is 7.69. The Kier molecular flexibility index (Phi) is 6.86. The average molecular weight is 315 g/mol. The molecule has 0 aliphatic carbocycles. The Morgan fingerprint density at radius 2 is 2.05 bits per heavy atom. The highest BCUT2D eigenvalue weighted by Gasteiger charge is 2.20. The SMILES string of the molecule is CN(CC(C)(C)CN)C(=O)CCSc1ccccc1Cl. The Hall–Kier alpha value is -0.710. The zero-order valence-electron chi connectivity index (χ0n) is 12.4. The molecule has 3 nitrogen and oxygen atoms in total. The highest BCUT2D eigenvalue weighted by Crippen LogP contribution is 2.27. The molecule has 20 heavy (non-hydrogen) atoms. The first-order chi connectivity index (χ1) is 9.35. The van der Waals surface area contributed by atoms with E-state index in [1.807, 2.05) is 31.3 Å². The van der Waals surface area contributed by atoms with Crippen LogP contribution in [0.5, 0.6) is 0 Å². The number of hydrogen-bond acceptors (Lipinski definition) is 3. The van der Waals surface area contributed by atoms with Gasteiger partial charge in [-0.05, 0) is 24.1 Å². The zero-order valence-corrected chi connectivity index (χ0v) is 13.9. The van der Waals surface area contributed by atoms with Crippen molar-refractivity contribution in [2.75, 3.05) is 25.9 Å². The summed E-state index contributed by atoms with van der Waals surface area (Å²) in [6.45, 7) is 5.38. The van der Waals surface area contributed by atoms with Gasteiger partial charge in [0.1, 0.15) is 0 Å². The van der Waals surface area contributed by atoms with Gasteiger partial charge in [-0.3, -0.25) is 4.79 Å². The summed E-state index contributed by atoms with van der Waals surface area (Å²) in [6, 6.07) is 7.69. The Balaban J connectivity index is 2.38. The summed E-state index contributed by atoms with van der Waals surface area (Å²) in [6.07, 6.45) is 0.507. The summed E-state index contributed by atoms with van der Waals surface area (Å²) in [4.78, 5) is 14.8. The van der Waals surface area contributed by atoms with Crippen molar-refractivity contribution >= 4 is 29.3 Å². The second kappa shape index (κ2) is 7.91. The molecule has 5 heteroatoms. The maximum absolute atomic E-state index is 12.1. The molecule has 0 heterocycles. The minimum Gasteiger partial charge on any atom is -0.345 e. The molecule has 0 aromatic heterocycles. The third-order valence-corrected chi connectivity index (χ3v) is 4.57. The van der Waals surface area contributed by atoms with E-state index < -0.39 is 0 Å². The standard InChI is InChI=1S/C15H23ClN2OS/c1-15(2,10-17)11-18(3)14(19)8-9-20-13-7-5-4-6-12(13)16/h4-7H,8-11,17H2,1-3H3. The van der Waals surface area contributed by atoms with E-state index in [-0.39, 0.29) is 11.3 Å². The van der Waals surface area contributed by atoms with Gasteiger partial charge in [0.25, 0.3) is 0 Å². The number of carbonyl (C=O) groups is 1. The summed E-state index contributed by atoms with van der Waals surface area (Å²) in [5.41, 5.74) is 5.65. The van der Waals surface area contributed by atoms with E-state index in [0.29, 0.717) is 19.5 Å². The van der Waals surface area contributed by atoms with Crippen molar-refractivity contribution in [3.05, 3.63) is 29.3 Å². The van der Waals surface area contributed by atoms with E-state index in [9.17, 15) is 4.79 Å². The Morgan fingerprint density at radius 3 is 2.65 bits per heavy atom. The first-order valence-electron chi connectivity index (χ1n) is 6.67. The fourth-order valence-electron chi connectivity index (χ4n) is 1.80. The van der Waals surface area contributed by atoms with Crippen molar-refractivity contribution in [2.24, 2.45) is 11.1 Å². The fourth-order valence-corrected chi connectivity index (χ4v) is 2.97. The number of hydrogen-bond donors (Lipinski definition) is 1. The quantitative estimate of drug-likeness (QED) is 0.786. The average Bonchev–Trinajstić information content (AvgIpc) is 2.40. The highest BCUT2D eigenvalue weighted by atomic mass is 35.5. The van der Waals surface area contributed by atoms with Crippen LogP contribution in [0.2, 0.25) is 5.02 Å². The van der Waals surface area contributed by atoms with Crippen LogP contribution in [0.15, 0.2) is 29.2 Å². The van der Waals surface area contributed by atoms with Crippen LogP contribution in [-0.2, 0) is 4.79 Å². The highest BCUT2D eigenvalue weighted by molar-refractivity contribution is 7.99. The van der Waals surface area contributed by atoms with E-state index >= 15 is 0 Å². The fraction of sp³-hybridized carbons (Fsp3) is 0.533. The minimum absolute atomic E-state index is 0.0414. The molecule has 0 radical (unpaired) electrons. The van der Waals surface area contributed by atoms with Crippen LogP contribution in [0.1, 0.15) is 20.3 Å². The molecule has 0 spiro atoms. The lowest BCUT2D eigenvalue weighted by Gasteiger charge is -2.29. The molecule has 0 saturated carbocycles. The number of amides is 1. The number of nitrogens with two attached hydrogens (primary N) is 1. The van der Waals surface area contributed by atoms with E-state index in [2.05, 4.69) is 13.8 Å². The maximum Gasteiger partial charge on any atom is 0.223 e. The molecule has 0 unspecified atom stereocenters. The van der Waals surface area contributed by atoms with Gasteiger partial charge in [0.15, 0.2) is 0 Å². The first-order valence-corrected chi connectivity index (χ1v) is 8.03. The first kappa shape index (κ1) is 17.3. The van der Waals surface area contributed by atoms with Gasteiger partial charge in [-0.25, -0.2) is 0 Å². The van der Waals surface area contributed by atoms with Crippen LogP contribution in [0, 0.1) is 5.41 Å². The van der Waals surface area contributed by atoms with Gasteiger partial charge in [0.2, 0.25) is 5.91 Å². The molecule has 1 aromatic carbocycles. The van der Waals surface area contributed by atoms with E-state index in [1.54, 1.807) is 16.7 Å². The predicted octanol–water partition coefficient (Wildman–Crippen LogP) is 3.27. The van der Waals surface area contributed by atoms with Crippen molar-refractivity contribution < 1.29 is 4.79 Å². The molecule has 1 amide bonds. The van der Waals surface area contributed by atoms with Gasteiger partial charge in [-0.2, -0.15) is 0 Å². The van der Waals surface area contributed by atoms with E-state index in [4.69, 9.17) is 17.3 Å². The molecule has 0 aliphatic heterocycles. The topological polar surface area (TPSA) is 46.3 Å². The third kappa shape index (κ3) is 5.73. The minimum atomic E-state index is -0.0414. The summed E-state index contributed by atoms with van der Waals surface area (Å²) < 4.78 is 0. The van der Waals surface area contributed by atoms with Crippen LogP contribution in [0.25, 0.3) is 0 Å². The zero-order chi connectivity index (χ0) is 15.2. The molecule has 0 aliphatic rings. The van der Waals surface area contributed by atoms with Crippen molar-refractivity contribution in [2.45, 2.75) is 25.2 Å². The van der Waals surface area contributed by atoms with Crippen LogP contribution in [-0.4, -0.2) is 36.7 Å².